The number of nitrogens with zero attached hydrogens (tertiary/aromatic N) is 2. The van der Waals surface area contributed by atoms with Gasteiger partial charge in [0.2, 0.25) is 0 Å². The molecule has 0 fully saturated rings. The molecule has 0 aliphatic heterocycles. The highest BCUT2D eigenvalue weighted by molar-refractivity contribution is 5.85. The zero-order valence-electron chi connectivity index (χ0n) is 11.9. The van der Waals surface area contributed by atoms with E-state index in [-0.39, 0.29) is 17.1 Å². The van der Waals surface area contributed by atoms with Gasteiger partial charge in [-0.3, -0.25) is 4.79 Å². The molecule has 110 valence electrons. The number of para-hydroxylation sites is 1. The number of carbonyl (C=O) groups is 1. The normalized spacial score (nSPS) is 10.4. The molecule has 0 saturated carbocycles. The Labute approximate surface area is 127 Å². The third kappa shape index (κ3) is 2.44. The van der Waals surface area contributed by atoms with Crippen LogP contribution in [0.5, 0.6) is 11.5 Å². The Balaban J connectivity index is 2.05. The minimum Gasteiger partial charge on any atom is -0.504 e. The summed E-state index contributed by atoms with van der Waals surface area (Å²) in [6, 6.07) is 13.0. The molecular weight excluding hydrogens is 280 g/mol. The number of phenolic OH excluding ortho intramolecular Hbond substituents is 1. The predicted octanol–water partition coefficient (Wildman–Crippen LogP) is 3.07. The highest BCUT2D eigenvalue weighted by atomic mass is 16.5. The lowest BCUT2D eigenvalue weighted by Crippen LogP contribution is -1.92. The second kappa shape index (κ2) is 5.73. The minimum atomic E-state index is -0.156. The van der Waals surface area contributed by atoms with Crippen molar-refractivity contribution in [2.45, 2.75) is 0 Å². The summed E-state index contributed by atoms with van der Waals surface area (Å²) in [4.78, 5) is 11.1. The number of aromatic hydroxyl groups is 1. The number of carbonyl (C=O) groups excluding carboxylic acids is 1. The van der Waals surface area contributed by atoms with E-state index in [4.69, 9.17) is 4.74 Å². The summed E-state index contributed by atoms with van der Waals surface area (Å²) in [5, 5.41) is 14.2. The van der Waals surface area contributed by atoms with Crippen molar-refractivity contribution in [1.29, 1.82) is 0 Å². The van der Waals surface area contributed by atoms with Crippen molar-refractivity contribution < 1.29 is 14.6 Å². The summed E-state index contributed by atoms with van der Waals surface area (Å²) < 4.78 is 6.85. The van der Waals surface area contributed by atoms with E-state index < -0.39 is 0 Å². The monoisotopic (exact) mass is 294 g/mol. The fraction of sp³-hybridized carbons (Fsp3) is 0.0588. The van der Waals surface area contributed by atoms with Crippen LogP contribution in [0.25, 0.3) is 16.8 Å². The van der Waals surface area contributed by atoms with Crippen molar-refractivity contribution in [3.05, 3.63) is 60.4 Å². The summed E-state index contributed by atoms with van der Waals surface area (Å²) in [7, 11) is 1.45. The fourth-order valence-corrected chi connectivity index (χ4v) is 2.24. The van der Waals surface area contributed by atoms with E-state index in [0.717, 1.165) is 16.8 Å². The van der Waals surface area contributed by atoms with Crippen LogP contribution in [0, 0.1) is 0 Å². The van der Waals surface area contributed by atoms with Crippen molar-refractivity contribution in [3.8, 4) is 28.3 Å². The standard InChI is InChI=1S/C17H14N2O3/c1-22-16-8-12(7-13(11-20)17(16)21)14-9-18-19(10-14)15-5-3-2-4-6-15/h2-11,21H,1H3. The average molecular weight is 294 g/mol. The van der Waals surface area contributed by atoms with Crippen LogP contribution in [0.1, 0.15) is 10.4 Å². The molecule has 5 heteroatoms. The van der Waals surface area contributed by atoms with Crippen molar-refractivity contribution >= 4 is 6.29 Å². The van der Waals surface area contributed by atoms with Crippen molar-refractivity contribution in [2.24, 2.45) is 0 Å². The van der Waals surface area contributed by atoms with E-state index in [9.17, 15) is 9.90 Å². The molecule has 22 heavy (non-hydrogen) atoms. The first-order valence-corrected chi connectivity index (χ1v) is 6.69. The summed E-state index contributed by atoms with van der Waals surface area (Å²) in [5.74, 6) is 0.101. The van der Waals surface area contributed by atoms with Gasteiger partial charge in [-0.15, -0.1) is 0 Å². The molecule has 5 nitrogen and oxygen atoms in total. The van der Waals surface area contributed by atoms with E-state index in [1.807, 2.05) is 36.5 Å². The molecule has 0 unspecified atom stereocenters. The van der Waals surface area contributed by atoms with Gasteiger partial charge in [-0.05, 0) is 29.8 Å². The zero-order chi connectivity index (χ0) is 15.5. The van der Waals surface area contributed by atoms with Crippen LogP contribution in [0.2, 0.25) is 0 Å². The summed E-state index contributed by atoms with van der Waals surface area (Å²) in [5.41, 5.74) is 2.70. The van der Waals surface area contributed by atoms with E-state index in [1.54, 1.807) is 23.0 Å². The van der Waals surface area contributed by atoms with Crippen molar-refractivity contribution in [2.75, 3.05) is 7.11 Å². The molecule has 0 spiro atoms. The van der Waals surface area contributed by atoms with E-state index in [1.165, 1.54) is 7.11 Å². The number of hydrogen-bond acceptors (Lipinski definition) is 4. The Morgan fingerprint density at radius 2 is 1.95 bits per heavy atom. The van der Waals surface area contributed by atoms with Gasteiger partial charge in [-0.25, -0.2) is 4.68 Å². The first kappa shape index (κ1) is 13.9. The highest BCUT2D eigenvalue weighted by Crippen LogP contribution is 2.34. The number of rotatable bonds is 4. The van der Waals surface area contributed by atoms with E-state index >= 15 is 0 Å². The molecule has 2 aromatic carbocycles. The van der Waals surface area contributed by atoms with Crippen LogP contribution in [-0.2, 0) is 0 Å². The highest BCUT2D eigenvalue weighted by Gasteiger charge is 2.12. The maximum atomic E-state index is 11.1. The molecule has 1 aromatic heterocycles. The van der Waals surface area contributed by atoms with Gasteiger partial charge in [-0.2, -0.15) is 5.10 Å². The SMILES string of the molecule is COc1cc(-c2cnn(-c3ccccc3)c2)cc(C=O)c1O. The molecule has 0 atom stereocenters. The summed E-state index contributed by atoms with van der Waals surface area (Å²) in [6.07, 6.45) is 4.16. The minimum absolute atomic E-state index is 0.156. The van der Waals surface area contributed by atoms with Crippen LogP contribution in [0.15, 0.2) is 54.9 Å². The Morgan fingerprint density at radius 1 is 1.18 bits per heavy atom. The van der Waals surface area contributed by atoms with Crippen LogP contribution < -0.4 is 4.74 Å². The van der Waals surface area contributed by atoms with Crippen LogP contribution in [0.3, 0.4) is 0 Å². The Morgan fingerprint density at radius 3 is 2.64 bits per heavy atom. The average Bonchev–Trinajstić information content (AvgIpc) is 3.06. The number of aromatic nitrogens is 2. The van der Waals surface area contributed by atoms with E-state index in [2.05, 4.69) is 5.10 Å². The van der Waals surface area contributed by atoms with Crippen molar-refractivity contribution in [1.82, 2.24) is 9.78 Å². The lowest BCUT2D eigenvalue weighted by Gasteiger charge is -2.08. The molecule has 1 N–H and O–H groups in total. The number of methoxy groups -OCH3 is 1. The number of aldehydes is 1. The van der Waals surface area contributed by atoms with Gasteiger partial charge in [-0.1, -0.05) is 18.2 Å². The maximum Gasteiger partial charge on any atom is 0.168 e. The van der Waals surface area contributed by atoms with Gasteiger partial charge in [0.1, 0.15) is 0 Å². The smallest absolute Gasteiger partial charge is 0.168 e. The molecule has 0 amide bonds. The second-order valence-corrected chi connectivity index (χ2v) is 4.74. The molecule has 0 aliphatic rings. The molecule has 0 bridgehead atoms. The van der Waals surface area contributed by atoms with Gasteiger partial charge in [0.05, 0.1) is 24.6 Å². The molecule has 0 aliphatic carbocycles. The fourth-order valence-electron chi connectivity index (χ4n) is 2.24. The van der Waals surface area contributed by atoms with Crippen LogP contribution >= 0.6 is 0 Å². The van der Waals surface area contributed by atoms with Gasteiger partial charge in [0.25, 0.3) is 0 Å². The maximum absolute atomic E-state index is 11.1. The number of phenols is 1. The largest absolute Gasteiger partial charge is 0.504 e. The third-order valence-corrected chi connectivity index (χ3v) is 3.39. The quantitative estimate of drug-likeness (QED) is 0.751. The van der Waals surface area contributed by atoms with Gasteiger partial charge in [0, 0.05) is 11.8 Å². The lowest BCUT2D eigenvalue weighted by atomic mass is 10.1. The number of benzene rings is 2. The zero-order valence-corrected chi connectivity index (χ0v) is 11.9. The Kier molecular flexibility index (Phi) is 3.62. The second-order valence-electron chi connectivity index (χ2n) is 4.74. The molecule has 0 radical (unpaired) electrons. The molecular formula is C17H14N2O3. The first-order valence-electron chi connectivity index (χ1n) is 6.69. The number of ether oxygens (including phenoxy) is 1. The Hall–Kier alpha value is -3.08. The number of hydrogen-bond donors (Lipinski definition) is 1. The van der Waals surface area contributed by atoms with Crippen LogP contribution in [-0.4, -0.2) is 28.3 Å². The third-order valence-electron chi connectivity index (χ3n) is 3.39. The van der Waals surface area contributed by atoms with Crippen molar-refractivity contribution in [3.63, 3.8) is 0 Å². The van der Waals surface area contributed by atoms with Crippen LogP contribution in [0.4, 0.5) is 0 Å². The molecule has 1 heterocycles. The first-order chi connectivity index (χ1) is 10.7. The van der Waals surface area contributed by atoms with E-state index in [0.29, 0.717) is 6.29 Å². The summed E-state index contributed by atoms with van der Waals surface area (Å²) >= 11 is 0. The van der Waals surface area contributed by atoms with Gasteiger partial charge < -0.3 is 9.84 Å². The van der Waals surface area contributed by atoms with Gasteiger partial charge in [0.15, 0.2) is 17.8 Å². The molecule has 0 saturated heterocycles. The molecule has 3 aromatic rings. The molecule has 3 rings (SSSR count). The van der Waals surface area contributed by atoms with Gasteiger partial charge >= 0.3 is 0 Å². The topological polar surface area (TPSA) is 64.4 Å². The summed E-state index contributed by atoms with van der Waals surface area (Å²) in [6.45, 7) is 0. The lowest BCUT2D eigenvalue weighted by molar-refractivity contribution is 0.112. The Bertz CT molecular complexity index is 810. The predicted molar refractivity (Wildman–Crippen MR) is 82.6 cm³/mol.